The van der Waals surface area contributed by atoms with Gasteiger partial charge in [-0.25, -0.2) is 9.97 Å². The summed E-state index contributed by atoms with van der Waals surface area (Å²) in [5.74, 6) is 1.27. The molecule has 7 nitrogen and oxygen atoms in total. The number of ether oxygens (including phenoxy) is 1. The Morgan fingerprint density at radius 2 is 1.97 bits per heavy atom. The first-order valence-corrected chi connectivity index (χ1v) is 9.36. The van der Waals surface area contributed by atoms with E-state index in [2.05, 4.69) is 20.6 Å². The van der Waals surface area contributed by atoms with Crippen molar-refractivity contribution in [1.82, 2.24) is 15.3 Å². The van der Waals surface area contributed by atoms with Crippen LogP contribution in [0.5, 0.6) is 5.75 Å². The molecule has 1 amide bonds. The van der Waals surface area contributed by atoms with Crippen molar-refractivity contribution < 1.29 is 13.9 Å². The molecule has 4 aromatic rings. The van der Waals surface area contributed by atoms with E-state index in [1.165, 1.54) is 6.26 Å². The highest BCUT2D eigenvalue weighted by Crippen LogP contribution is 2.22. The molecule has 0 bridgehead atoms. The first kappa shape index (κ1) is 19.2. The van der Waals surface area contributed by atoms with Crippen LogP contribution in [0.15, 0.2) is 83.6 Å². The second-order valence-electron chi connectivity index (χ2n) is 6.48. The van der Waals surface area contributed by atoms with Crippen LogP contribution in [0.1, 0.15) is 16.1 Å². The van der Waals surface area contributed by atoms with E-state index >= 15 is 0 Å². The monoisotopic (exact) mass is 400 g/mol. The Bertz CT molecular complexity index is 1140. The number of carbonyl (C=O) groups is 1. The molecule has 0 saturated heterocycles. The molecule has 2 aromatic heterocycles. The number of hydrogen-bond donors (Lipinski definition) is 2. The van der Waals surface area contributed by atoms with E-state index in [9.17, 15) is 4.79 Å². The van der Waals surface area contributed by atoms with Gasteiger partial charge in [0.25, 0.3) is 5.91 Å². The summed E-state index contributed by atoms with van der Waals surface area (Å²) in [4.78, 5) is 21.0. The maximum Gasteiger partial charge on any atom is 0.287 e. The summed E-state index contributed by atoms with van der Waals surface area (Å²) in [5.41, 5.74) is 3.49. The third kappa shape index (κ3) is 4.64. The summed E-state index contributed by atoms with van der Waals surface area (Å²) in [6.45, 7) is 0.382. The summed E-state index contributed by atoms with van der Waals surface area (Å²) >= 11 is 0. The third-order valence-corrected chi connectivity index (χ3v) is 4.40. The van der Waals surface area contributed by atoms with Crippen molar-refractivity contribution >= 4 is 17.5 Å². The second kappa shape index (κ2) is 8.91. The largest absolute Gasteiger partial charge is 0.497 e. The van der Waals surface area contributed by atoms with Crippen molar-refractivity contribution in [3.8, 4) is 17.0 Å². The molecular formula is C23H20N4O3. The molecule has 2 aromatic carbocycles. The van der Waals surface area contributed by atoms with E-state index in [0.717, 1.165) is 28.3 Å². The van der Waals surface area contributed by atoms with Gasteiger partial charge in [-0.05, 0) is 42.0 Å². The number of furan rings is 1. The number of amides is 1. The van der Waals surface area contributed by atoms with Crippen LogP contribution in [-0.2, 0) is 6.54 Å². The number of hydrogen-bond acceptors (Lipinski definition) is 6. The molecular weight excluding hydrogens is 380 g/mol. The highest BCUT2D eigenvalue weighted by Gasteiger charge is 2.09. The van der Waals surface area contributed by atoms with Gasteiger partial charge in [-0.3, -0.25) is 4.79 Å². The Balaban J connectivity index is 1.48. The number of nitrogens with one attached hydrogen (secondary N) is 2. The number of anilines is 2. The average molecular weight is 400 g/mol. The van der Waals surface area contributed by atoms with Crippen LogP contribution in [0.3, 0.4) is 0 Å². The van der Waals surface area contributed by atoms with Gasteiger partial charge >= 0.3 is 0 Å². The Morgan fingerprint density at radius 3 is 2.80 bits per heavy atom. The first-order valence-electron chi connectivity index (χ1n) is 9.36. The Hall–Kier alpha value is -4.13. The van der Waals surface area contributed by atoms with Crippen LogP contribution < -0.4 is 15.4 Å². The molecule has 0 aliphatic rings. The molecule has 2 heterocycles. The topological polar surface area (TPSA) is 89.3 Å². The van der Waals surface area contributed by atoms with Gasteiger partial charge in [0.05, 0.1) is 19.1 Å². The zero-order valence-corrected chi connectivity index (χ0v) is 16.3. The van der Waals surface area contributed by atoms with Crippen LogP contribution in [0.4, 0.5) is 11.6 Å². The van der Waals surface area contributed by atoms with Crippen LogP contribution in [-0.4, -0.2) is 23.0 Å². The van der Waals surface area contributed by atoms with Crippen LogP contribution in [0.25, 0.3) is 11.3 Å². The van der Waals surface area contributed by atoms with Crippen molar-refractivity contribution in [3.63, 3.8) is 0 Å². The standard InChI is InChI=1S/C23H20N4O3/c1-29-19-8-3-7-18(14-19)26-23-24-11-10-20(27-23)17-6-2-5-16(13-17)15-25-22(28)21-9-4-12-30-21/h2-14H,15H2,1H3,(H,25,28)(H,24,26,27). The minimum Gasteiger partial charge on any atom is -0.497 e. The summed E-state index contributed by atoms with van der Waals surface area (Å²) in [7, 11) is 1.63. The highest BCUT2D eigenvalue weighted by atomic mass is 16.5. The number of aromatic nitrogens is 2. The number of benzene rings is 2. The van der Waals surface area contributed by atoms with Gasteiger partial charge in [-0.2, -0.15) is 0 Å². The number of rotatable bonds is 7. The van der Waals surface area contributed by atoms with Crippen LogP contribution in [0, 0.1) is 0 Å². The van der Waals surface area contributed by atoms with E-state index in [0.29, 0.717) is 12.5 Å². The molecule has 0 fully saturated rings. The number of methoxy groups -OCH3 is 1. The lowest BCUT2D eigenvalue weighted by atomic mass is 10.1. The number of nitrogens with zero attached hydrogens (tertiary/aromatic N) is 2. The zero-order chi connectivity index (χ0) is 20.8. The van der Waals surface area contributed by atoms with Gasteiger partial charge in [-0.1, -0.05) is 24.3 Å². The van der Waals surface area contributed by atoms with Crippen molar-refractivity contribution in [3.05, 3.63) is 90.5 Å². The second-order valence-corrected chi connectivity index (χ2v) is 6.48. The fourth-order valence-corrected chi connectivity index (χ4v) is 2.93. The van der Waals surface area contributed by atoms with E-state index in [4.69, 9.17) is 9.15 Å². The normalized spacial score (nSPS) is 10.4. The summed E-state index contributed by atoms with van der Waals surface area (Å²) < 4.78 is 10.4. The van der Waals surface area contributed by atoms with Crippen molar-refractivity contribution in [1.29, 1.82) is 0 Å². The molecule has 0 spiro atoms. The molecule has 0 atom stereocenters. The smallest absolute Gasteiger partial charge is 0.287 e. The van der Waals surface area contributed by atoms with Gasteiger partial charge in [0, 0.05) is 30.1 Å². The SMILES string of the molecule is COc1cccc(Nc2nccc(-c3cccc(CNC(=O)c4ccco4)c3)n2)c1. The molecule has 4 rings (SSSR count). The molecule has 0 unspecified atom stereocenters. The molecule has 30 heavy (non-hydrogen) atoms. The minimum absolute atomic E-state index is 0.253. The quantitative estimate of drug-likeness (QED) is 0.477. The van der Waals surface area contributed by atoms with E-state index in [1.807, 2.05) is 54.6 Å². The van der Waals surface area contributed by atoms with Gasteiger partial charge in [0.2, 0.25) is 5.95 Å². The molecule has 0 radical (unpaired) electrons. The van der Waals surface area contributed by atoms with Crippen LogP contribution >= 0.6 is 0 Å². The average Bonchev–Trinajstić information content (AvgIpc) is 3.33. The maximum absolute atomic E-state index is 12.1. The molecule has 0 aliphatic carbocycles. The van der Waals surface area contributed by atoms with Gasteiger partial charge < -0.3 is 19.8 Å². The lowest BCUT2D eigenvalue weighted by molar-refractivity contribution is 0.0923. The van der Waals surface area contributed by atoms with Gasteiger partial charge in [0.15, 0.2) is 5.76 Å². The maximum atomic E-state index is 12.1. The molecule has 150 valence electrons. The summed E-state index contributed by atoms with van der Waals surface area (Å²) in [6, 6.07) is 20.5. The Morgan fingerprint density at radius 1 is 1.07 bits per heavy atom. The van der Waals surface area contributed by atoms with E-state index in [1.54, 1.807) is 25.4 Å². The van der Waals surface area contributed by atoms with Gasteiger partial charge in [0.1, 0.15) is 5.75 Å². The summed E-state index contributed by atoms with van der Waals surface area (Å²) in [6.07, 6.45) is 3.18. The molecule has 2 N–H and O–H groups in total. The fourth-order valence-electron chi connectivity index (χ4n) is 2.93. The minimum atomic E-state index is -0.253. The lowest BCUT2D eigenvalue weighted by Crippen LogP contribution is -2.22. The van der Waals surface area contributed by atoms with E-state index in [-0.39, 0.29) is 11.7 Å². The van der Waals surface area contributed by atoms with Crippen LogP contribution in [0.2, 0.25) is 0 Å². The first-order chi connectivity index (χ1) is 14.7. The Kier molecular flexibility index (Phi) is 5.70. The fraction of sp³-hybridized carbons (Fsp3) is 0.0870. The predicted octanol–water partition coefficient (Wildman–Crippen LogP) is 4.42. The zero-order valence-electron chi connectivity index (χ0n) is 16.3. The van der Waals surface area contributed by atoms with Crippen molar-refractivity contribution in [2.24, 2.45) is 0 Å². The third-order valence-electron chi connectivity index (χ3n) is 4.40. The molecule has 0 aliphatic heterocycles. The van der Waals surface area contributed by atoms with Gasteiger partial charge in [-0.15, -0.1) is 0 Å². The predicted molar refractivity (Wildman–Crippen MR) is 114 cm³/mol. The van der Waals surface area contributed by atoms with E-state index < -0.39 is 0 Å². The van der Waals surface area contributed by atoms with Crippen molar-refractivity contribution in [2.45, 2.75) is 6.54 Å². The Labute approximate surface area is 173 Å². The molecule has 0 saturated carbocycles. The van der Waals surface area contributed by atoms with Crippen molar-refractivity contribution in [2.75, 3.05) is 12.4 Å². The molecule has 7 heteroatoms. The summed E-state index contributed by atoms with van der Waals surface area (Å²) in [5, 5.41) is 6.03. The number of carbonyl (C=O) groups excluding carboxylic acids is 1. The highest BCUT2D eigenvalue weighted by molar-refractivity contribution is 5.91. The lowest BCUT2D eigenvalue weighted by Gasteiger charge is -2.09.